The van der Waals surface area contributed by atoms with Crippen LogP contribution in [0.15, 0.2) is 0 Å². The molecule has 14 heavy (non-hydrogen) atoms. The Kier molecular flexibility index (Phi) is 2.90. The van der Waals surface area contributed by atoms with Crippen LogP contribution < -0.4 is 5.09 Å². The molecule has 0 saturated carbocycles. The van der Waals surface area contributed by atoms with Gasteiger partial charge in [-0.25, -0.2) is 9.76 Å². The van der Waals surface area contributed by atoms with Crippen LogP contribution in [0.1, 0.15) is 14.6 Å². The lowest BCUT2D eigenvalue weighted by atomic mass is 10.5. The van der Waals surface area contributed by atoms with E-state index < -0.39 is 45.4 Å². The molecule has 1 N–H and O–H groups in total. The second-order valence-electron chi connectivity index (χ2n) is 2.47. The quantitative estimate of drug-likeness (QED) is 0.610. The number of nitrogens with one attached hydrogen (secondary N) is 1. The topological polar surface area (TPSA) is 41.6 Å². The molecule has 0 radical (unpaired) electrons. The third-order valence-electron chi connectivity index (χ3n) is 1.60. The van der Waals surface area contributed by atoms with Crippen molar-refractivity contribution in [3.63, 3.8) is 0 Å². The summed E-state index contributed by atoms with van der Waals surface area (Å²) >= 11 is 10.9. The zero-order chi connectivity index (χ0) is 15.8. The smallest absolute Gasteiger partial charge is 0.306 e. The van der Waals surface area contributed by atoms with E-state index in [4.69, 9.17) is 36.0 Å². The van der Waals surface area contributed by atoms with Gasteiger partial charge in [-0.15, -0.1) is 23.2 Å². The first kappa shape index (κ1) is 6.43. The second kappa shape index (κ2) is 6.31. The summed E-state index contributed by atoms with van der Waals surface area (Å²) in [6.07, 6.45) is -1.71. The summed E-state index contributed by atoms with van der Waals surface area (Å²) in [5.74, 6) is -4.53. The molecule has 1 unspecified atom stereocenters. The molecule has 1 fully saturated rings. The lowest BCUT2D eigenvalue weighted by molar-refractivity contribution is 0.233. The normalized spacial score (nSPS) is 40.2. The Balaban J connectivity index is 2.90. The van der Waals surface area contributed by atoms with Gasteiger partial charge in [0.15, 0.2) is 0 Å². The average molecular weight is 267 g/mol. The molecule has 0 aromatic rings. The zero-order valence-electron chi connectivity index (χ0n) is 13.3. The van der Waals surface area contributed by atoms with Crippen molar-refractivity contribution in [2.45, 2.75) is 6.37 Å². The zero-order valence-corrected chi connectivity index (χ0v) is 9.70. The molecule has 1 aliphatic rings. The van der Waals surface area contributed by atoms with Gasteiger partial charge in [-0.1, -0.05) is 0 Å². The third-order valence-corrected chi connectivity index (χ3v) is 3.91. The molecule has 0 aromatic carbocycles. The maximum Gasteiger partial charge on any atom is 0.343 e. The molecule has 0 aromatic heterocycles. The average Bonchev–Trinajstić information content (AvgIpc) is 2.18. The molecule has 0 amide bonds. The van der Waals surface area contributed by atoms with Gasteiger partial charge in [0.1, 0.15) is 0 Å². The van der Waals surface area contributed by atoms with E-state index in [1.165, 1.54) is 0 Å². The fourth-order valence-electron chi connectivity index (χ4n) is 0.947. The predicted molar refractivity (Wildman–Crippen MR) is 59.2 cm³/mol. The highest BCUT2D eigenvalue weighted by Gasteiger charge is 2.32. The predicted octanol–water partition coefficient (Wildman–Crippen LogP) is 1.88. The van der Waals surface area contributed by atoms with Gasteiger partial charge in [-0.05, 0) is 6.37 Å². The molecular weight excluding hydrogens is 246 g/mol. The minimum Gasteiger partial charge on any atom is -0.306 e. The Morgan fingerprint density at radius 2 is 2.21 bits per heavy atom. The Morgan fingerprint density at radius 1 is 1.57 bits per heavy atom. The van der Waals surface area contributed by atoms with E-state index in [-0.39, 0.29) is 6.54 Å². The van der Waals surface area contributed by atoms with E-state index >= 15 is 0 Å². The molecule has 0 aliphatic carbocycles. The van der Waals surface area contributed by atoms with Crippen LogP contribution >= 0.6 is 30.9 Å². The van der Waals surface area contributed by atoms with Crippen molar-refractivity contribution in [2.24, 2.45) is 0 Å². The maximum absolute atomic E-state index is 12.6. The van der Waals surface area contributed by atoms with Crippen LogP contribution in [0.5, 0.6) is 0 Å². The first-order valence-electron chi connectivity index (χ1n) is 6.86. The van der Waals surface area contributed by atoms with Gasteiger partial charge in [-0.3, -0.25) is 4.57 Å². The second-order valence-corrected chi connectivity index (χ2v) is 5.18. The summed E-state index contributed by atoms with van der Waals surface area (Å²) in [4.78, 5) is 0. The standard InChI is InChI=1S/C7H15Cl2N2O2P/c8-2-5-11(6-3-9)14(12)10-4-1-7-13-14/h1-7H2,(H,10,12)/i1D2,2D2,3D2. The van der Waals surface area contributed by atoms with Crippen LogP contribution in [0.2, 0.25) is 0 Å². The van der Waals surface area contributed by atoms with Crippen LogP contribution in [0, 0.1) is 0 Å². The molecule has 0 spiro atoms. The van der Waals surface area contributed by atoms with Crippen molar-refractivity contribution >= 4 is 30.9 Å². The molecule has 7 heteroatoms. The van der Waals surface area contributed by atoms with E-state index in [2.05, 4.69) is 5.09 Å². The summed E-state index contributed by atoms with van der Waals surface area (Å²) < 4.78 is 62.5. The van der Waals surface area contributed by atoms with Crippen molar-refractivity contribution < 1.29 is 17.3 Å². The van der Waals surface area contributed by atoms with Crippen molar-refractivity contribution in [3.05, 3.63) is 0 Å². The van der Waals surface area contributed by atoms with Crippen molar-refractivity contribution in [2.75, 3.05) is 37.9 Å². The highest BCUT2D eigenvalue weighted by molar-refractivity contribution is 7.54. The fraction of sp³-hybridized carbons (Fsp3) is 1.00. The van der Waals surface area contributed by atoms with Crippen LogP contribution in [0.4, 0.5) is 0 Å². The van der Waals surface area contributed by atoms with Gasteiger partial charge in [0, 0.05) is 39.5 Å². The highest BCUT2D eigenvalue weighted by Crippen LogP contribution is 2.47. The van der Waals surface area contributed by atoms with Crippen molar-refractivity contribution in [3.8, 4) is 0 Å². The number of hydrogen-bond acceptors (Lipinski definition) is 2. The van der Waals surface area contributed by atoms with E-state index in [0.29, 0.717) is 0 Å². The summed E-state index contributed by atoms with van der Waals surface area (Å²) in [6.45, 7) is -1.90. The van der Waals surface area contributed by atoms with Crippen LogP contribution in [0.25, 0.3) is 0 Å². The fourth-order valence-corrected chi connectivity index (χ4v) is 2.95. The number of halogens is 2. The Morgan fingerprint density at radius 3 is 2.64 bits per heavy atom. The Labute approximate surface area is 103 Å². The van der Waals surface area contributed by atoms with E-state index in [1.54, 1.807) is 0 Å². The SMILES string of the molecule is [2H]C([2H])(Cl)CN(CC([2H])([2H])Cl)P1(=O)NCC([2H])([2H])CO1. The van der Waals surface area contributed by atoms with Gasteiger partial charge in [0.2, 0.25) is 0 Å². The van der Waals surface area contributed by atoms with E-state index in [1.807, 2.05) is 0 Å². The molecule has 1 saturated heterocycles. The molecular formula is C7H15Cl2N2O2P. The minimum absolute atomic E-state index is 0.267. The first-order chi connectivity index (χ1) is 8.73. The summed E-state index contributed by atoms with van der Waals surface area (Å²) in [5, 5.41) is 2.36. The molecule has 0 bridgehead atoms. The molecule has 1 aliphatic heterocycles. The molecule has 84 valence electrons. The van der Waals surface area contributed by atoms with Crippen LogP contribution in [-0.2, 0) is 9.09 Å². The lowest BCUT2D eigenvalue weighted by Gasteiger charge is -2.33. The highest BCUT2D eigenvalue weighted by atomic mass is 35.5. The summed E-state index contributed by atoms with van der Waals surface area (Å²) in [5.41, 5.74) is 0. The lowest BCUT2D eigenvalue weighted by Crippen LogP contribution is -2.35. The number of rotatable bonds is 5. The summed E-state index contributed by atoms with van der Waals surface area (Å²) in [7, 11) is -3.80. The molecule has 1 rings (SSSR count). The van der Waals surface area contributed by atoms with Gasteiger partial charge >= 0.3 is 7.67 Å². The molecule has 4 nitrogen and oxygen atoms in total. The van der Waals surface area contributed by atoms with Crippen LogP contribution in [-0.4, -0.2) is 42.6 Å². The number of nitrogens with zero attached hydrogens (tertiary/aromatic N) is 1. The molecule has 1 atom stereocenters. The van der Waals surface area contributed by atoms with Gasteiger partial charge in [0.05, 0.1) is 6.61 Å². The minimum atomic E-state index is -3.80. The number of alkyl halides is 2. The van der Waals surface area contributed by atoms with Gasteiger partial charge in [0.25, 0.3) is 0 Å². The molecule has 1 heterocycles. The summed E-state index contributed by atoms with van der Waals surface area (Å²) in [6, 6.07) is 0. The largest absolute Gasteiger partial charge is 0.343 e. The maximum atomic E-state index is 12.6. The van der Waals surface area contributed by atoms with Crippen LogP contribution in [0.3, 0.4) is 0 Å². The first-order valence-corrected chi connectivity index (χ1v) is 6.19. The number of hydrogen-bond donors (Lipinski definition) is 1. The third kappa shape index (κ3) is 3.37. The van der Waals surface area contributed by atoms with E-state index in [0.717, 1.165) is 4.67 Å². The monoisotopic (exact) mass is 266 g/mol. The van der Waals surface area contributed by atoms with Gasteiger partial charge < -0.3 is 4.52 Å². The Hall–Kier alpha value is 0.690. The van der Waals surface area contributed by atoms with Crippen molar-refractivity contribution in [1.29, 1.82) is 0 Å². The van der Waals surface area contributed by atoms with E-state index in [9.17, 15) is 4.57 Å². The van der Waals surface area contributed by atoms with Crippen molar-refractivity contribution in [1.82, 2.24) is 9.76 Å². The van der Waals surface area contributed by atoms with Gasteiger partial charge in [-0.2, -0.15) is 0 Å². The Bertz CT molecular complexity index is 372.